The van der Waals surface area contributed by atoms with E-state index in [9.17, 15) is 9.18 Å². The molecule has 8 heteroatoms. The zero-order chi connectivity index (χ0) is 18.5. The molecule has 3 aromatic rings. The standard InChI is InChI=1S/C18H17FN4O3/c1-25-15-7-6-12(17(9-15)26-2)10-20-18(24)16-11-23(22-21-16)14-5-3-4-13(19)8-14/h3-9,11H,10H2,1-2H3,(H,20,24). The smallest absolute Gasteiger partial charge is 0.273 e. The van der Waals surface area contributed by atoms with Gasteiger partial charge in [0.25, 0.3) is 5.91 Å². The van der Waals surface area contributed by atoms with Gasteiger partial charge in [-0.1, -0.05) is 11.3 Å². The molecule has 26 heavy (non-hydrogen) atoms. The zero-order valence-electron chi connectivity index (χ0n) is 14.3. The molecule has 0 saturated carbocycles. The van der Waals surface area contributed by atoms with Crippen molar-refractivity contribution in [2.75, 3.05) is 14.2 Å². The number of hydrogen-bond acceptors (Lipinski definition) is 5. The predicted molar refractivity (Wildman–Crippen MR) is 92.0 cm³/mol. The van der Waals surface area contributed by atoms with Crippen molar-refractivity contribution in [1.29, 1.82) is 0 Å². The number of aromatic nitrogens is 3. The molecule has 1 N–H and O–H groups in total. The number of halogens is 1. The maximum Gasteiger partial charge on any atom is 0.273 e. The summed E-state index contributed by atoms with van der Waals surface area (Å²) in [5, 5.41) is 10.4. The first-order valence-corrected chi connectivity index (χ1v) is 7.78. The van der Waals surface area contributed by atoms with Crippen LogP contribution < -0.4 is 14.8 Å². The van der Waals surface area contributed by atoms with Crippen LogP contribution in [0.25, 0.3) is 5.69 Å². The van der Waals surface area contributed by atoms with Crippen LogP contribution in [0.2, 0.25) is 0 Å². The molecular weight excluding hydrogens is 339 g/mol. The second kappa shape index (κ2) is 7.64. The maximum atomic E-state index is 13.3. The Morgan fingerprint density at radius 1 is 1.19 bits per heavy atom. The Kier molecular flexibility index (Phi) is 5.12. The number of carbonyl (C=O) groups is 1. The number of rotatable bonds is 6. The number of hydrogen-bond donors (Lipinski definition) is 1. The van der Waals surface area contributed by atoms with E-state index in [0.717, 1.165) is 5.56 Å². The lowest BCUT2D eigenvalue weighted by atomic mass is 10.2. The number of nitrogens with one attached hydrogen (secondary N) is 1. The molecule has 7 nitrogen and oxygen atoms in total. The Bertz CT molecular complexity index is 926. The van der Waals surface area contributed by atoms with Crippen LogP contribution in [0.1, 0.15) is 16.1 Å². The molecule has 0 aliphatic rings. The van der Waals surface area contributed by atoms with Crippen molar-refractivity contribution in [2.24, 2.45) is 0 Å². The average Bonchev–Trinajstić information content (AvgIpc) is 3.16. The fourth-order valence-electron chi connectivity index (χ4n) is 2.38. The van der Waals surface area contributed by atoms with Gasteiger partial charge in [0, 0.05) is 18.2 Å². The zero-order valence-corrected chi connectivity index (χ0v) is 14.3. The largest absolute Gasteiger partial charge is 0.497 e. The maximum absolute atomic E-state index is 13.3. The first-order chi connectivity index (χ1) is 12.6. The average molecular weight is 356 g/mol. The normalized spacial score (nSPS) is 10.4. The molecule has 0 aliphatic heterocycles. The van der Waals surface area contributed by atoms with Crippen molar-refractivity contribution >= 4 is 5.91 Å². The van der Waals surface area contributed by atoms with E-state index in [4.69, 9.17) is 9.47 Å². The number of ether oxygens (including phenoxy) is 2. The van der Waals surface area contributed by atoms with Crippen LogP contribution in [0.5, 0.6) is 11.5 Å². The number of benzene rings is 2. The molecule has 1 heterocycles. The van der Waals surface area contributed by atoms with Gasteiger partial charge in [0.2, 0.25) is 0 Å². The predicted octanol–water partition coefficient (Wildman–Crippen LogP) is 2.35. The van der Waals surface area contributed by atoms with Gasteiger partial charge in [0.15, 0.2) is 5.69 Å². The summed E-state index contributed by atoms with van der Waals surface area (Å²) in [6, 6.07) is 11.2. The van der Waals surface area contributed by atoms with Crippen LogP contribution in [0.3, 0.4) is 0 Å². The molecule has 2 aromatic carbocycles. The third-order valence-electron chi connectivity index (χ3n) is 3.73. The molecule has 0 radical (unpaired) electrons. The molecule has 0 atom stereocenters. The summed E-state index contributed by atoms with van der Waals surface area (Å²) in [7, 11) is 3.11. The van der Waals surface area contributed by atoms with E-state index in [-0.39, 0.29) is 12.2 Å². The van der Waals surface area contributed by atoms with Crippen molar-refractivity contribution in [2.45, 2.75) is 6.54 Å². The second-order valence-corrected chi connectivity index (χ2v) is 5.39. The highest BCUT2D eigenvalue weighted by Crippen LogP contribution is 2.24. The lowest BCUT2D eigenvalue weighted by Gasteiger charge is -2.10. The van der Waals surface area contributed by atoms with Crippen molar-refractivity contribution in [1.82, 2.24) is 20.3 Å². The fourth-order valence-corrected chi connectivity index (χ4v) is 2.38. The Morgan fingerprint density at radius 3 is 2.77 bits per heavy atom. The van der Waals surface area contributed by atoms with E-state index < -0.39 is 11.7 Å². The highest BCUT2D eigenvalue weighted by Gasteiger charge is 2.13. The topological polar surface area (TPSA) is 78.3 Å². The van der Waals surface area contributed by atoms with Gasteiger partial charge in [0.05, 0.1) is 26.1 Å². The van der Waals surface area contributed by atoms with E-state index >= 15 is 0 Å². The minimum atomic E-state index is -0.398. The summed E-state index contributed by atoms with van der Waals surface area (Å²) in [6.45, 7) is 0.249. The summed E-state index contributed by atoms with van der Waals surface area (Å²) in [4.78, 5) is 12.3. The van der Waals surface area contributed by atoms with Crippen molar-refractivity contribution in [3.8, 4) is 17.2 Å². The van der Waals surface area contributed by atoms with Crippen LogP contribution in [-0.4, -0.2) is 35.1 Å². The van der Waals surface area contributed by atoms with Crippen LogP contribution in [0.15, 0.2) is 48.7 Å². The molecule has 134 valence electrons. The molecular formula is C18H17FN4O3. The number of carbonyl (C=O) groups excluding carboxylic acids is 1. The van der Waals surface area contributed by atoms with E-state index in [2.05, 4.69) is 15.6 Å². The molecule has 1 aromatic heterocycles. The Labute approximate surface area is 149 Å². The van der Waals surface area contributed by atoms with Crippen LogP contribution in [-0.2, 0) is 6.54 Å². The lowest BCUT2D eigenvalue weighted by molar-refractivity contribution is 0.0945. The lowest BCUT2D eigenvalue weighted by Crippen LogP contribution is -2.23. The first kappa shape index (κ1) is 17.4. The molecule has 3 rings (SSSR count). The summed E-state index contributed by atoms with van der Waals surface area (Å²) in [6.07, 6.45) is 1.44. The first-order valence-electron chi connectivity index (χ1n) is 7.78. The SMILES string of the molecule is COc1ccc(CNC(=O)c2cn(-c3cccc(F)c3)nn2)c(OC)c1. The third-order valence-corrected chi connectivity index (χ3v) is 3.73. The Morgan fingerprint density at radius 2 is 2.04 bits per heavy atom. The summed E-state index contributed by atoms with van der Waals surface area (Å²) < 4.78 is 25.1. The van der Waals surface area contributed by atoms with Gasteiger partial charge in [-0.3, -0.25) is 4.79 Å². The summed E-state index contributed by atoms with van der Waals surface area (Å²) in [5.74, 6) is 0.476. The van der Waals surface area contributed by atoms with E-state index in [1.165, 1.54) is 23.0 Å². The van der Waals surface area contributed by atoms with Crippen molar-refractivity contribution in [3.05, 3.63) is 65.7 Å². The van der Waals surface area contributed by atoms with Gasteiger partial charge >= 0.3 is 0 Å². The van der Waals surface area contributed by atoms with Gasteiger partial charge in [-0.2, -0.15) is 0 Å². The Hall–Kier alpha value is -3.42. The number of nitrogens with zero attached hydrogens (tertiary/aromatic N) is 3. The quantitative estimate of drug-likeness (QED) is 0.734. The van der Waals surface area contributed by atoms with Crippen LogP contribution >= 0.6 is 0 Å². The second-order valence-electron chi connectivity index (χ2n) is 5.39. The van der Waals surface area contributed by atoms with Crippen molar-refractivity contribution < 1.29 is 18.7 Å². The van der Waals surface area contributed by atoms with E-state index in [1.807, 2.05) is 6.07 Å². The molecule has 0 saturated heterocycles. The van der Waals surface area contributed by atoms with Crippen LogP contribution in [0, 0.1) is 5.82 Å². The molecule has 0 aliphatic carbocycles. The van der Waals surface area contributed by atoms with E-state index in [1.54, 1.807) is 38.5 Å². The summed E-state index contributed by atoms with van der Waals surface area (Å²) in [5.41, 5.74) is 1.40. The molecule has 1 amide bonds. The highest BCUT2D eigenvalue weighted by atomic mass is 19.1. The van der Waals surface area contributed by atoms with Crippen molar-refractivity contribution in [3.63, 3.8) is 0 Å². The third kappa shape index (κ3) is 3.80. The minimum Gasteiger partial charge on any atom is -0.497 e. The molecule has 0 bridgehead atoms. The minimum absolute atomic E-state index is 0.127. The monoisotopic (exact) mass is 356 g/mol. The van der Waals surface area contributed by atoms with Gasteiger partial charge in [0.1, 0.15) is 17.3 Å². The van der Waals surface area contributed by atoms with Gasteiger partial charge in [-0.15, -0.1) is 5.10 Å². The Balaban J connectivity index is 1.70. The van der Waals surface area contributed by atoms with Crippen LogP contribution in [0.4, 0.5) is 4.39 Å². The fraction of sp³-hybridized carbons (Fsp3) is 0.167. The highest BCUT2D eigenvalue weighted by molar-refractivity contribution is 5.91. The van der Waals surface area contributed by atoms with Gasteiger partial charge < -0.3 is 14.8 Å². The molecule has 0 unspecified atom stereocenters. The molecule has 0 fully saturated rings. The van der Waals surface area contributed by atoms with Gasteiger partial charge in [-0.05, 0) is 30.3 Å². The molecule has 0 spiro atoms. The van der Waals surface area contributed by atoms with Gasteiger partial charge in [-0.25, -0.2) is 9.07 Å². The summed E-state index contributed by atoms with van der Waals surface area (Å²) >= 11 is 0. The number of amides is 1. The van der Waals surface area contributed by atoms with E-state index in [0.29, 0.717) is 17.2 Å². The number of methoxy groups -OCH3 is 2.